The summed E-state index contributed by atoms with van der Waals surface area (Å²) in [4.78, 5) is 13.5. The minimum absolute atomic E-state index is 0.144. The lowest BCUT2D eigenvalue weighted by atomic mass is 10.2. The number of hydrogen-bond acceptors (Lipinski definition) is 4. The van der Waals surface area contributed by atoms with Gasteiger partial charge in [0.1, 0.15) is 0 Å². The van der Waals surface area contributed by atoms with Crippen molar-refractivity contribution in [3.8, 4) is 0 Å². The lowest BCUT2D eigenvalue weighted by Crippen LogP contribution is -2.37. The van der Waals surface area contributed by atoms with E-state index < -0.39 is 0 Å². The Bertz CT molecular complexity index is 496. The molecule has 2 rings (SSSR count). The SMILES string of the molecule is CCNCc1ccc(N2CCC(NC(=O)OC)C2)c(Br)c1. The van der Waals surface area contributed by atoms with E-state index in [9.17, 15) is 4.79 Å². The van der Waals surface area contributed by atoms with Crippen molar-refractivity contribution in [1.29, 1.82) is 0 Å². The van der Waals surface area contributed by atoms with E-state index in [2.05, 4.69) is 61.3 Å². The van der Waals surface area contributed by atoms with Crippen molar-refractivity contribution in [2.45, 2.75) is 25.9 Å². The van der Waals surface area contributed by atoms with E-state index >= 15 is 0 Å². The normalized spacial score (nSPS) is 17.9. The largest absolute Gasteiger partial charge is 0.453 e. The minimum Gasteiger partial charge on any atom is -0.453 e. The first-order valence-corrected chi connectivity index (χ1v) is 8.02. The second-order valence-electron chi connectivity index (χ2n) is 5.13. The van der Waals surface area contributed by atoms with Gasteiger partial charge in [0.15, 0.2) is 0 Å². The first-order valence-electron chi connectivity index (χ1n) is 7.22. The molecule has 2 N–H and O–H groups in total. The van der Waals surface area contributed by atoms with Crippen LogP contribution in [0.25, 0.3) is 0 Å². The van der Waals surface area contributed by atoms with Crippen molar-refractivity contribution in [2.75, 3.05) is 31.6 Å². The van der Waals surface area contributed by atoms with Gasteiger partial charge < -0.3 is 20.3 Å². The quantitative estimate of drug-likeness (QED) is 0.851. The van der Waals surface area contributed by atoms with Crippen LogP contribution in [0, 0.1) is 0 Å². The lowest BCUT2D eigenvalue weighted by Gasteiger charge is -2.21. The number of methoxy groups -OCH3 is 1. The molecule has 5 nitrogen and oxygen atoms in total. The van der Waals surface area contributed by atoms with Crippen molar-refractivity contribution in [1.82, 2.24) is 10.6 Å². The van der Waals surface area contributed by atoms with Crippen LogP contribution in [-0.2, 0) is 11.3 Å². The van der Waals surface area contributed by atoms with E-state index in [0.717, 1.165) is 37.1 Å². The van der Waals surface area contributed by atoms with Crippen LogP contribution >= 0.6 is 15.9 Å². The Balaban J connectivity index is 1.98. The third-order valence-electron chi connectivity index (χ3n) is 3.63. The highest BCUT2D eigenvalue weighted by molar-refractivity contribution is 9.10. The van der Waals surface area contributed by atoms with Gasteiger partial charge in [-0.3, -0.25) is 0 Å². The highest BCUT2D eigenvalue weighted by Gasteiger charge is 2.25. The van der Waals surface area contributed by atoms with Gasteiger partial charge in [0.05, 0.1) is 18.8 Å². The fourth-order valence-electron chi connectivity index (χ4n) is 2.51. The van der Waals surface area contributed by atoms with Crippen LogP contribution in [0.5, 0.6) is 0 Å². The Kier molecular flexibility index (Phi) is 5.87. The highest BCUT2D eigenvalue weighted by Crippen LogP contribution is 2.30. The van der Waals surface area contributed by atoms with Gasteiger partial charge in [-0.1, -0.05) is 13.0 Å². The van der Waals surface area contributed by atoms with Gasteiger partial charge in [-0.05, 0) is 46.6 Å². The summed E-state index contributed by atoms with van der Waals surface area (Å²) in [6.45, 7) is 5.68. The van der Waals surface area contributed by atoms with Crippen LogP contribution in [0.2, 0.25) is 0 Å². The number of halogens is 1. The van der Waals surface area contributed by atoms with Gasteiger partial charge in [0.25, 0.3) is 0 Å². The number of carbonyl (C=O) groups excluding carboxylic acids is 1. The van der Waals surface area contributed by atoms with Crippen molar-refractivity contribution < 1.29 is 9.53 Å². The van der Waals surface area contributed by atoms with Gasteiger partial charge in [0, 0.05) is 24.1 Å². The number of nitrogens with one attached hydrogen (secondary N) is 2. The molecule has 1 heterocycles. The second kappa shape index (κ2) is 7.66. The van der Waals surface area contributed by atoms with Gasteiger partial charge >= 0.3 is 6.09 Å². The fraction of sp³-hybridized carbons (Fsp3) is 0.533. The Hall–Kier alpha value is -1.27. The van der Waals surface area contributed by atoms with Gasteiger partial charge in [-0.15, -0.1) is 0 Å². The summed E-state index contributed by atoms with van der Waals surface area (Å²) in [5.41, 5.74) is 2.43. The van der Waals surface area contributed by atoms with Crippen LogP contribution in [0.4, 0.5) is 10.5 Å². The third-order valence-corrected chi connectivity index (χ3v) is 4.26. The molecule has 0 aromatic heterocycles. The van der Waals surface area contributed by atoms with Gasteiger partial charge in [-0.2, -0.15) is 0 Å². The molecule has 21 heavy (non-hydrogen) atoms. The zero-order chi connectivity index (χ0) is 15.2. The van der Waals surface area contributed by atoms with Gasteiger partial charge in [-0.25, -0.2) is 4.79 Å². The standard InChI is InChI=1S/C15H22BrN3O2/c1-3-17-9-11-4-5-14(13(16)8-11)19-7-6-12(10-19)18-15(20)21-2/h4-5,8,12,17H,3,6-7,9-10H2,1-2H3,(H,18,20). The van der Waals surface area contributed by atoms with E-state index in [1.807, 2.05) is 0 Å². The first kappa shape index (κ1) is 16.1. The average molecular weight is 356 g/mol. The number of nitrogens with zero attached hydrogens (tertiary/aromatic N) is 1. The maximum Gasteiger partial charge on any atom is 0.407 e. The van der Waals surface area contributed by atoms with E-state index in [-0.39, 0.29) is 12.1 Å². The number of amides is 1. The molecule has 1 unspecified atom stereocenters. The van der Waals surface area contributed by atoms with E-state index in [1.54, 1.807) is 0 Å². The van der Waals surface area contributed by atoms with E-state index in [1.165, 1.54) is 18.4 Å². The molecule has 6 heteroatoms. The number of hydrogen-bond donors (Lipinski definition) is 2. The minimum atomic E-state index is -0.359. The molecule has 1 amide bonds. The Morgan fingerprint density at radius 1 is 1.52 bits per heavy atom. The molecule has 1 aliphatic heterocycles. The second-order valence-corrected chi connectivity index (χ2v) is 5.99. The molecule has 1 atom stereocenters. The highest BCUT2D eigenvalue weighted by atomic mass is 79.9. The summed E-state index contributed by atoms with van der Waals surface area (Å²) in [7, 11) is 1.39. The molecule has 116 valence electrons. The maximum atomic E-state index is 11.3. The van der Waals surface area contributed by atoms with Crippen molar-refractivity contribution in [3.63, 3.8) is 0 Å². The van der Waals surface area contributed by atoms with Crippen LogP contribution in [0.3, 0.4) is 0 Å². The number of anilines is 1. The molecule has 0 radical (unpaired) electrons. The smallest absolute Gasteiger partial charge is 0.407 e. The predicted octanol–water partition coefficient (Wildman–Crippen LogP) is 2.49. The number of rotatable bonds is 5. The number of benzene rings is 1. The molecular formula is C15H22BrN3O2. The van der Waals surface area contributed by atoms with Crippen LogP contribution in [-0.4, -0.2) is 38.9 Å². The van der Waals surface area contributed by atoms with E-state index in [0.29, 0.717) is 0 Å². The first-order chi connectivity index (χ1) is 10.1. The molecule has 0 aliphatic carbocycles. The molecule has 1 fully saturated rings. The molecule has 0 spiro atoms. The summed E-state index contributed by atoms with van der Waals surface area (Å²) in [6, 6.07) is 6.57. The molecule has 0 saturated carbocycles. The summed E-state index contributed by atoms with van der Waals surface area (Å²) >= 11 is 3.65. The fourth-order valence-corrected chi connectivity index (χ4v) is 3.19. The molecule has 1 saturated heterocycles. The number of ether oxygens (including phenoxy) is 1. The molecule has 1 aliphatic rings. The van der Waals surface area contributed by atoms with Crippen molar-refractivity contribution in [2.24, 2.45) is 0 Å². The topological polar surface area (TPSA) is 53.6 Å². The molecule has 0 bridgehead atoms. The van der Waals surface area contributed by atoms with Crippen LogP contribution in [0.15, 0.2) is 22.7 Å². The predicted molar refractivity (Wildman–Crippen MR) is 87.7 cm³/mol. The number of carbonyl (C=O) groups is 1. The zero-order valence-electron chi connectivity index (χ0n) is 12.5. The lowest BCUT2D eigenvalue weighted by molar-refractivity contribution is 0.167. The van der Waals surface area contributed by atoms with Crippen molar-refractivity contribution >= 4 is 27.7 Å². The Morgan fingerprint density at radius 3 is 3.00 bits per heavy atom. The van der Waals surface area contributed by atoms with Crippen molar-refractivity contribution in [3.05, 3.63) is 28.2 Å². The summed E-state index contributed by atoms with van der Waals surface area (Å²) < 4.78 is 5.74. The summed E-state index contributed by atoms with van der Waals surface area (Å²) in [5.74, 6) is 0. The maximum absolute atomic E-state index is 11.3. The van der Waals surface area contributed by atoms with Gasteiger partial charge in [0.2, 0.25) is 0 Å². The monoisotopic (exact) mass is 355 g/mol. The zero-order valence-corrected chi connectivity index (χ0v) is 14.1. The van der Waals surface area contributed by atoms with Crippen LogP contribution < -0.4 is 15.5 Å². The molecular weight excluding hydrogens is 334 g/mol. The Labute approximate surface area is 134 Å². The third kappa shape index (κ3) is 4.35. The number of alkyl carbamates (subject to hydrolysis) is 1. The summed E-state index contributed by atoms with van der Waals surface area (Å²) in [5, 5.41) is 6.18. The van der Waals surface area contributed by atoms with Crippen LogP contribution in [0.1, 0.15) is 18.9 Å². The average Bonchev–Trinajstić information content (AvgIpc) is 2.93. The molecule has 1 aromatic rings. The summed E-state index contributed by atoms with van der Waals surface area (Å²) in [6.07, 6.45) is 0.572. The van der Waals surface area contributed by atoms with E-state index in [4.69, 9.17) is 0 Å². The Morgan fingerprint density at radius 2 is 2.33 bits per heavy atom. The molecule has 1 aromatic carbocycles.